The average molecular weight is 300 g/mol. The van der Waals surface area contributed by atoms with Crippen LogP contribution in [0.5, 0.6) is 0 Å². The molecule has 0 amide bonds. The van der Waals surface area contributed by atoms with Crippen LogP contribution < -0.4 is 5.73 Å². The summed E-state index contributed by atoms with van der Waals surface area (Å²) < 4.78 is 32.2. The highest BCUT2D eigenvalue weighted by Crippen LogP contribution is 2.24. The molecule has 0 radical (unpaired) electrons. The van der Waals surface area contributed by atoms with Gasteiger partial charge in [-0.3, -0.25) is 0 Å². The van der Waals surface area contributed by atoms with Crippen LogP contribution in [-0.4, -0.2) is 39.0 Å². The summed E-state index contributed by atoms with van der Waals surface area (Å²) in [4.78, 5) is 0.272. The number of benzene rings is 1. The third-order valence-corrected chi connectivity index (χ3v) is 5.55. The van der Waals surface area contributed by atoms with Crippen molar-refractivity contribution in [2.45, 2.75) is 38.1 Å². The summed E-state index contributed by atoms with van der Waals surface area (Å²) in [5, 5.41) is 0. The molecule has 1 aromatic carbocycles. The Kier molecular flexibility index (Phi) is 5.98. The average Bonchev–Trinajstić information content (AvgIpc) is 2.41. The first-order valence-electron chi connectivity index (χ1n) is 6.71. The highest BCUT2D eigenvalue weighted by molar-refractivity contribution is 7.89. The molecule has 20 heavy (non-hydrogen) atoms. The van der Waals surface area contributed by atoms with Gasteiger partial charge in [0.05, 0.1) is 11.5 Å². The smallest absolute Gasteiger partial charge is 0.243 e. The standard InChI is InChI=1S/C14H24N2O3S/c1-5-12(3)16(8-9-19-4)20(17,18)14-10-13(15)7-6-11(14)2/h6-7,10,12H,5,8-9,15H2,1-4H3. The third-order valence-electron chi connectivity index (χ3n) is 3.40. The lowest BCUT2D eigenvalue weighted by atomic mass is 10.2. The van der Waals surface area contributed by atoms with Crippen molar-refractivity contribution in [3.63, 3.8) is 0 Å². The molecule has 1 rings (SSSR count). The number of nitrogen functional groups attached to an aromatic ring is 1. The van der Waals surface area contributed by atoms with Crippen LogP contribution in [-0.2, 0) is 14.8 Å². The fourth-order valence-corrected chi connectivity index (χ4v) is 3.93. The number of aryl methyl sites for hydroxylation is 1. The fraction of sp³-hybridized carbons (Fsp3) is 0.571. The lowest BCUT2D eigenvalue weighted by Gasteiger charge is -2.28. The maximum Gasteiger partial charge on any atom is 0.243 e. The van der Waals surface area contributed by atoms with Gasteiger partial charge in [0, 0.05) is 25.4 Å². The number of hydrogen-bond acceptors (Lipinski definition) is 4. The number of methoxy groups -OCH3 is 1. The van der Waals surface area contributed by atoms with E-state index >= 15 is 0 Å². The van der Waals surface area contributed by atoms with Crippen molar-refractivity contribution in [3.8, 4) is 0 Å². The van der Waals surface area contributed by atoms with Gasteiger partial charge < -0.3 is 10.5 Å². The van der Waals surface area contributed by atoms with Gasteiger partial charge in [-0.2, -0.15) is 4.31 Å². The molecule has 0 aliphatic heterocycles. The first-order chi connectivity index (χ1) is 9.34. The highest BCUT2D eigenvalue weighted by atomic mass is 32.2. The molecule has 1 unspecified atom stereocenters. The molecular formula is C14H24N2O3S. The van der Waals surface area contributed by atoms with Gasteiger partial charge in [0.2, 0.25) is 10.0 Å². The zero-order chi connectivity index (χ0) is 15.3. The molecular weight excluding hydrogens is 276 g/mol. The Bertz CT molecular complexity index is 543. The van der Waals surface area contributed by atoms with E-state index in [1.54, 1.807) is 26.2 Å². The lowest BCUT2D eigenvalue weighted by Crippen LogP contribution is -2.40. The van der Waals surface area contributed by atoms with E-state index in [4.69, 9.17) is 10.5 Å². The van der Waals surface area contributed by atoms with E-state index in [0.29, 0.717) is 24.4 Å². The van der Waals surface area contributed by atoms with Gasteiger partial charge >= 0.3 is 0 Å². The summed E-state index contributed by atoms with van der Waals surface area (Å²) >= 11 is 0. The van der Waals surface area contributed by atoms with Gasteiger partial charge in [-0.1, -0.05) is 13.0 Å². The van der Waals surface area contributed by atoms with Gasteiger partial charge in [-0.25, -0.2) is 8.42 Å². The van der Waals surface area contributed by atoms with Crippen LogP contribution in [0.1, 0.15) is 25.8 Å². The number of hydrogen-bond donors (Lipinski definition) is 1. The largest absolute Gasteiger partial charge is 0.399 e. The molecule has 0 saturated carbocycles. The van der Waals surface area contributed by atoms with Gasteiger partial charge in [0.15, 0.2) is 0 Å². The monoisotopic (exact) mass is 300 g/mol. The molecule has 0 heterocycles. The molecule has 0 aliphatic carbocycles. The van der Waals surface area contributed by atoms with Gasteiger partial charge in [-0.15, -0.1) is 0 Å². The summed E-state index contributed by atoms with van der Waals surface area (Å²) in [5.74, 6) is 0. The maximum atomic E-state index is 12.8. The topological polar surface area (TPSA) is 72.6 Å². The number of nitrogens with two attached hydrogens (primary N) is 1. The molecule has 2 N–H and O–H groups in total. The van der Waals surface area contributed by atoms with E-state index in [1.165, 1.54) is 10.4 Å². The Morgan fingerprint density at radius 1 is 1.40 bits per heavy atom. The molecule has 0 fully saturated rings. The molecule has 5 nitrogen and oxygen atoms in total. The number of nitrogens with zero attached hydrogens (tertiary/aromatic N) is 1. The second-order valence-corrected chi connectivity index (χ2v) is 6.75. The zero-order valence-electron chi connectivity index (χ0n) is 12.6. The molecule has 1 aromatic rings. The van der Waals surface area contributed by atoms with E-state index in [-0.39, 0.29) is 10.9 Å². The van der Waals surface area contributed by atoms with Crippen molar-refractivity contribution in [3.05, 3.63) is 23.8 Å². The minimum atomic E-state index is -3.56. The molecule has 6 heteroatoms. The minimum Gasteiger partial charge on any atom is -0.399 e. The summed E-state index contributed by atoms with van der Waals surface area (Å²) in [6.07, 6.45) is 0.740. The molecule has 0 saturated heterocycles. The Morgan fingerprint density at radius 3 is 2.60 bits per heavy atom. The van der Waals surface area contributed by atoms with Crippen LogP contribution in [0.2, 0.25) is 0 Å². The van der Waals surface area contributed by atoms with Crippen molar-refractivity contribution >= 4 is 15.7 Å². The summed E-state index contributed by atoms with van der Waals surface area (Å²) in [5.41, 5.74) is 6.87. The molecule has 0 aromatic heterocycles. The predicted octanol–water partition coefficient (Wildman–Crippen LogP) is 2.01. The zero-order valence-corrected chi connectivity index (χ0v) is 13.4. The normalized spacial score (nSPS) is 13.7. The quantitative estimate of drug-likeness (QED) is 0.782. The number of sulfonamides is 1. The molecule has 114 valence electrons. The SMILES string of the molecule is CCC(C)N(CCOC)S(=O)(=O)c1cc(N)ccc1C. The van der Waals surface area contributed by atoms with E-state index in [2.05, 4.69) is 0 Å². The van der Waals surface area contributed by atoms with Crippen LogP contribution in [0.25, 0.3) is 0 Å². The summed E-state index contributed by atoms with van der Waals surface area (Å²) in [6, 6.07) is 4.87. The van der Waals surface area contributed by atoms with E-state index in [1.807, 2.05) is 13.8 Å². The van der Waals surface area contributed by atoms with Crippen LogP contribution in [0.4, 0.5) is 5.69 Å². The van der Waals surface area contributed by atoms with E-state index in [0.717, 1.165) is 6.42 Å². The Hall–Kier alpha value is -1.11. The first kappa shape index (κ1) is 16.9. The highest BCUT2D eigenvalue weighted by Gasteiger charge is 2.29. The minimum absolute atomic E-state index is 0.0871. The molecule has 0 aliphatic rings. The first-order valence-corrected chi connectivity index (χ1v) is 8.15. The maximum absolute atomic E-state index is 12.8. The van der Waals surface area contributed by atoms with E-state index in [9.17, 15) is 8.42 Å². The number of anilines is 1. The van der Waals surface area contributed by atoms with Crippen molar-refractivity contribution in [2.75, 3.05) is 26.0 Å². The molecule has 0 spiro atoms. The second kappa shape index (κ2) is 7.06. The third kappa shape index (κ3) is 3.71. The second-order valence-electron chi connectivity index (χ2n) is 4.89. The molecule has 1 atom stereocenters. The van der Waals surface area contributed by atoms with Crippen molar-refractivity contribution in [1.29, 1.82) is 0 Å². The van der Waals surface area contributed by atoms with Crippen LogP contribution in [0.15, 0.2) is 23.1 Å². The molecule has 0 bridgehead atoms. The fourth-order valence-electron chi connectivity index (χ4n) is 1.98. The van der Waals surface area contributed by atoms with Gasteiger partial charge in [0.1, 0.15) is 0 Å². The van der Waals surface area contributed by atoms with Crippen LogP contribution >= 0.6 is 0 Å². The summed E-state index contributed by atoms with van der Waals surface area (Å²) in [6.45, 7) is 6.34. The van der Waals surface area contributed by atoms with E-state index < -0.39 is 10.0 Å². The van der Waals surface area contributed by atoms with Crippen molar-refractivity contribution in [2.24, 2.45) is 0 Å². The number of ether oxygens (including phenoxy) is 1. The van der Waals surface area contributed by atoms with Crippen LogP contribution in [0, 0.1) is 6.92 Å². The van der Waals surface area contributed by atoms with Crippen molar-refractivity contribution in [1.82, 2.24) is 4.31 Å². The van der Waals surface area contributed by atoms with Gasteiger partial charge in [-0.05, 0) is 38.0 Å². The van der Waals surface area contributed by atoms with Gasteiger partial charge in [0.25, 0.3) is 0 Å². The van der Waals surface area contributed by atoms with Crippen LogP contribution in [0.3, 0.4) is 0 Å². The number of rotatable bonds is 7. The Labute approximate surface area is 121 Å². The van der Waals surface area contributed by atoms with Crippen molar-refractivity contribution < 1.29 is 13.2 Å². The Morgan fingerprint density at radius 2 is 2.05 bits per heavy atom. The predicted molar refractivity (Wildman–Crippen MR) is 81.1 cm³/mol. The lowest BCUT2D eigenvalue weighted by molar-refractivity contribution is 0.167. The Balaban J connectivity index is 3.24. The summed E-state index contributed by atoms with van der Waals surface area (Å²) in [7, 11) is -2.00.